The number of allylic oxidation sites excluding steroid dienone is 4. The number of aliphatic hydroxyl groups is 17. The first kappa shape index (κ1) is 75.0. The summed E-state index contributed by atoms with van der Waals surface area (Å²) in [7, 11) is 0. The molecule has 0 amide bonds. The van der Waals surface area contributed by atoms with E-state index in [0.717, 1.165) is 38.5 Å². The lowest BCUT2D eigenvalue weighted by molar-refractivity contribution is -0.402. The Morgan fingerprint density at radius 3 is 1.75 bits per heavy atom. The van der Waals surface area contributed by atoms with Crippen LogP contribution in [0.15, 0.2) is 23.8 Å². The van der Waals surface area contributed by atoms with E-state index in [9.17, 15) is 96.7 Å². The molecule has 9 fully saturated rings. The lowest BCUT2D eigenvalue weighted by atomic mass is 9.34. The van der Waals surface area contributed by atoms with E-state index in [0.29, 0.717) is 18.8 Å². The molecule has 0 aromatic rings. The van der Waals surface area contributed by atoms with E-state index in [1.54, 1.807) is 0 Å². The zero-order valence-corrected chi connectivity index (χ0v) is 55.3. The third-order valence-electron chi connectivity index (χ3n) is 24.8. The number of aliphatic hydroxyl groups excluding tert-OH is 17. The number of carboxylic acid groups (broad SMARTS) is 1. The quantitative estimate of drug-likeness (QED) is 0.0483. The zero-order valence-electron chi connectivity index (χ0n) is 55.3. The third-order valence-corrected chi connectivity index (χ3v) is 24.8. The van der Waals surface area contributed by atoms with Gasteiger partial charge < -0.3 is 149 Å². The van der Waals surface area contributed by atoms with Crippen molar-refractivity contribution in [3.05, 3.63) is 23.8 Å². The largest absolute Gasteiger partial charge is 0.479 e. The normalized spacial score (nSPS) is 55.0. The minimum Gasteiger partial charge on any atom is -0.479 e. The highest BCUT2D eigenvalue weighted by Crippen LogP contribution is 2.74. The molecule has 6 saturated heterocycles. The number of fused-ring (bicyclic) bond motifs is 7. The van der Waals surface area contributed by atoms with E-state index in [4.69, 9.17) is 56.8 Å². The van der Waals surface area contributed by atoms with Crippen molar-refractivity contribution in [3.8, 4) is 0 Å². The van der Waals surface area contributed by atoms with E-state index < -0.39 is 222 Å². The van der Waals surface area contributed by atoms with Gasteiger partial charge in [0.2, 0.25) is 0 Å². The van der Waals surface area contributed by atoms with E-state index in [1.165, 1.54) is 12.5 Å². The molecule has 11 rings (SSSR count). The molecule has 3 saturated carbocycles. The first-order valence-corrected chi connectivity index (χ1v) is 33.8. The van der Waals surface area contributed by atoms with E-state index in [2.05, 4.69) is 59.8 Å². The van der Waals surface area contributed by atoms with Crippen molar-refractivity contribution in [2.75, 3.05) is 33.0 Å². The number of hydrogen-bond donors (Lipinski definition) is 18. The minimum absolute atomic E-state index is 0.0764. The Bertz CT molecular complexity index is 2740. The maximum Gasteiger partial charge on any atom is 0.335 e. The number of aliphatic carboxylic acids is 1. The fraction of sp³-hybridized carbons (Fsp3) is 0.923. The molecule has 6 heterocycles. The fourth-order valence-corrected chi connectivity index (χ4v) is 18.5. The van der Waals surface area contributed by atoms with Crippen molar-refractivity contribution >= 4 is 5.97 Å². The van der Waals surface area contributed by atoms with Crippen LogP contribution in [0.5, 0.6) is 0 Å². The van der Waals surface area contributed by atoms with E-state index >= 15 is 0 Å². The Kier molecular flexibility index (Phi) is 21.9. The van der Waals surface area contributed by atoms with Crippen molar-refractivity contribution in [1.29, 1.82) is 0 Å². The molecule has 550 valence electrons. The molecule has 5 aliphatic carbocycles. The molecule has 31 nitrogen and oxygen atoms in total. The van der Waals surface area contributed by atoms with Gasteiger partial charge in [-0.05, 0) is 97.7 Å². The van der Waals surface area contributed by atoms with Gasteiger partial charge in [0.05, 0.1) is 45.2 Å². The topological polar surface area (TPSA) is 492 Å². The zero-order chi connectivity index (χ0) is 70.0. The molecule has 96 heavy (non-hydrogen) atoms. The fourth-order valence-electron chi connectivity index (χ4n) is 18.5. The third kappa shape index (κ3) is 12.9. The van der Waals surface area contributed by atoms with Crippen molar-refractivity contribution in [2.24, 2.45) is 50.2 Å². The summed E-state index contributed by atoms with van der Waals surface area (Å²) in [5.74, 6) is -1.19. The second-order valence-corrected chi connectivity index (χ2v) is 31.1. The lowest BCUT2D eigenvalue weighted by Gasteiger charge is -2.70. The maximum atomic E-state index is 13.0. The molecule has 11 aliphatic rings. The second-order valence-electron chi connectivity index (χ2n) is 31.1. The number of carboxylic acids is 1. The van der Waals surface area contributed by atoms with Crippen LogP contribution in [0, 0.1) is 50.2 Å². The van der Waals surface area contributed by atoms with Crippen LogP contribution < -0.4 is 0 Å². The molecular weight excluding hydrogens is 1280 g/mol. The van der Waals surface area contributed by atoms with Gasteiger partial charge in [0.25, 0.3) is 0 Å². The molecule has 31 heteroatoms. The minimum atomic E-state index is -2.30. The van der Waals surface area contributed by atoms with Gasteiger partial charge in [0.1, 0.15) is 128 Å². The Morgan fingerprint density at radius 2 is 1.09 bits per heavy atom. The first-order chi connectivity index (χ1) is 45.0. The van der Waals surface area contributed by atoms with Gasteiger partial charge in [-0.3, -0.25) is 0 Å². The monoisotopic (exact) mass is 1380 g/mol. The predicted molar refractivity (Wildman–Crippen MR) is 321 cm³/mol. The van der Waals surface area contributed by atoms with Gasteiger partial charge in [0.15, 0.2) is 43.8 Å². The summed E-state index contributed by atoms with van der Waals surface area (Å²) in [6, 6.07) is 0. The van der Waals surface area contributed by atoms with Crippen LogP contribution in [0.3, 0.4) is 0 Å². The molecule has 0 unspecified atom stereocenters. The molecule has 38 atom stereocenters. The number of hydrogen-bond acceptors (Lipinski definition) is 30. The highest BCUT2D eigenvalue weighted by Gasteiger charge is 2.69. The molecule has 0 radical (unpaired) electrons. The van der Waals surface area contributed by atoms with E-state index in [-0.39, 0.29) is 45.5 Å². The van der Waals surface area contributed by atoms with E-state index in [1.807, 2.05) is 6.92 Å². The highest BCUT2D eigenvalue weighted by molar-refractivity contribution is 5.73. The van der Waals surface area contributed by atoms with Gasteiger partial charge in [0, 0.05) is 10.8 Å². The average Bonchev–Trinajstić information content (AvgIpc) is 0.677. The van der Waals surface area contributed by atoms with Crippen LogP contribution in [0.4, 0.5) is 0 Å². The Balaban J connectivity index is 0.794. The van der Waals surface area contributed by atoms with Gasteiger partial charge in [-0.2, -0.15) is 0 Å². The smallest absolute Gasteiger partial charge is 0.335 e. The standard InChI is InChI=1S/C65H104O31/c1-25-35(70)39(74)43(78)54(87-25)86-23-31-38(73)41(76)52(96-55-44(79)40(75)37(72)29(20-66)88-55)59(90-31)92-48-30(21-67)89-56(45(80)42(48)77)95-51-36(71)28(69)22-85-58(51)93-49-46(81)50(53(83)84)94-57(47(49)82)91-34-12-13-62(5)32(63(34,6)24-68)11-14-65(8)33(62)10-9-26-27-19-60(2,3)15-16-61(27,4)17-18-64(26,65)7/h9,17-18,25,27-52,54-59,66-82H,10-16,19-24H2,1-8H3,(H,83,84)/t25-,27-,28-,29+,30+,31+,32+,33+,34-,35-,36-,37-,38+,39+,40-,41-,42+,43+,44+,45+,46-,47+,48-,49-,50-,51+,52+,54+,55-,56-,57+,58-,59-,61+,62-,63+,64+,65+/m0/s1. The summed E-state index contributed by atoms with van der Waals surface area (Å²) in [5.41, 5.74) is 0.187. The Labute approximate surface area is 555 Å². The summed E-state index contributed by atoms with van der Waals surface area (Å²) in [6.45, 7) is 13.8. The van der Waals surface area contributed by atoms with Crippen LogP contribution >= 0.6 is 0 Å². The SMILES string of the molecule is C[C@@H]1O[C@@H](OC[C@H]2O[C@@H](O[C@@H]3[C@H](O)[C@@H](O)[C@H](O[C@H]4[C@H](O[C@@H]5[C@@H](O)[C@H](O[C@H]6CC[C@@]7(C)[C@@H](CC[C@]8(C)[C@@H]7CC=C7[C@@H]9CC(C)(C)CC[C@]9(C)C=C[C@]78C)[C@@]6(C)CO)O[C@H](C(=O)O)[C@H]5O)OC[C@H](O)[C@@H]4O)O[C@@H]3CO)[C@H](O[C@@H]3O[C@H](CO)[C@H](O)[C@H](O)[C@H]3O)[C@@H](O)[C@@H]2O)[C@H](O)[C@H](O)[C@H]1O. The van der Waals surface area contributed by atoms with Crippen molar-refractivity contribution in [1.82, 2.24) is 0 Å². The Morgan fingerprint density at radius 1 is 0.521 bits per heavy atom. The predicted octanol–water partition coefficient (Wildman–Crippen LogP) is -4.38. The summed E-state index contributed by atoms with van der Waals surface area (Å²) >= 11 is 0. The van der Waals surface area contributed by atoms with Crippen molar-refractivity contribution < 1.29 is 154 Å². The summed E-state index contributed by atoms with van der Waals surface area (Å²) in [4.78, 5) is 13.0. The molecule has 6 aliphatic heterocycles. The van der Waals surface area contributed by atoms with Gasteiger partial charge in [-0.25, -0.2) is 4.79 Å². The highest BCUT2D eigenvalue weighted by atomic mass is 16.8. The summed E-state index contributed by atoms with van der Waals surface area (Å²) in [6.07, 6.45) is -42.5. The molecule has 0 spiro atoms. The molecule has 0 bridgehead atoms. The van der Waals surface area contributed by atoms with Gasteiger partial charge in [-0.15, -0.1) is 0 Å². The average molecular weight is 1380 g/mol. The second kappa shape index (κ2) is 28.1. The summed E-state index contributed by atoms with van der Waals surface area (Å²) < 4.78 is 70.9. The van der Waals surface area contributed by atoms with Crippen molar-refractivity contribution in [2.45, 2.75) is 291 Å². The van der Waals surface area contributed by atoms with Crippen LogP contribution in [0.25, 0.3) is 0 Å². The number of carbonyl (C=O) groups is 1. The summed E-state index contributed by atoms with van der Waals surface area (Å²) in [5, 5.41) is 199. The van der Waals surface area contributed by atoms with Crippen LogP contribution in [0.2, 0.25) is 0 Å². The number of rotatable bonds is 17. The Hall–Kier alpha value is -2.21. The molecular formula is C65H104O31. The van der Waals surface area contributed by atoms with Crippen LogP contribution in [-0.2, 0) is 61.6 Å². The van der Waals surface area contributed by atoms with Gasteiger partial charge >= 0.3 is 5.97 Å². The van der Waals surface area contributed by atoms with Crippen LogP contribution in [0.1, 0.15) is 107 Å². The van der Waals surface area contributed by atoms with Crippen molar-refractivity contribution in [3.63, 3.8) is 0 Å². The number of ether oxygens (including phenoxy) is 12. The molecule has 0 aromatic carbocycles. The molecule has 18 N–H and O–H groups in total. The lowest BCUT2D eigenvalue weighted by Crippen LogP contribution is -2.68. The van der Waals surface area contributed by atoms with Crippen LogP contribution in [-0.4, -0.2) is 315 Å². The maximum absolute atomic E-state index is 13.0. The first-order valence-electron chi connectivity index (χ1n) is 33.8. The molecule has 0 aromatic heterocycles. The van der Waals surface area contributed by atoms with Gasteiger partial charge in [-0.1, -0.05) is 72.3 Å².